The fourth-order valence-corrected chi connectivity index (χ4v) is 3.36. The highest BCUT2D eigenvalue weighted by Crippen LogP contribution is 2.43. The van der Waals surface area contributed by atoms with E-state index >= 15 is 0 Å². The first kappa shape index (κ1) is 11.5. The Labute approximate surface area is 105 Å². The van der Waals surface area contributed by atoms with Gasteiger partial charge >= 0.3 is 0 Å². The molecule has 5 nitrogen and oxygen atoms in total. The van der Waals surface area contributed by atoms with Crippen LogP contribution in [0.15, 0.2) is 23.1 Å². The van der Waals surface area contributed by atoms with Crippen LogP contribution in [0.4, 0.5) is 11.4 Å². The maximum Gasteiger partial charge on any atom is 0.250 e. The molecule has 1 aromatic rings. The van der Waals surface area contributed by atoms with E-state index in [-0.39, 0.29) is 10.8 Å². The Hall–Kier alpha value is -1.56. The number of benzene rings is 1. The minimum absolute atomic E-state index is 0.127. The minimum Gasteiger partial charge on any atom is -0.369 e. The van der Waals surface area contributed by atoms with Gasteiger partial charge in [0, 0.05) is 6.26 Å². The molecule has 0 saturated heterocycles. The summed E-state index contributed by atoms with van der Waals surface area (Å²) in [6.45, 7) is 0. The molecule has 0 bridgehead atoms. The number of hydrogen-bond donors (Lipinski definition) is 2. The molecule has 18 heavy (non-hydrogen) atoms. The molecule has 0 unspecified atom stereocenters. The molecule has 96 valence electrons. The van der Waals surface area contributed by atoms with Crippen LogP contribution in [0, 0.1) is 0 Å². The molecule has 2 aliphatic rings. The molecule has 6 heteroatoms. The van der Waals surface area contributed by atoms with Gasteiger partial charge in [0.15, 0.2) is 9.84 Å². The standard InChI is InChI=1S/C12H14N2O3S/c1-18(16,17)9-5-2-4-8-10(9)13-11(15)12(14-8)6-3-7-12/h2,4-5,14H,3,6-7H2,1H3,(H,13,15). The summed E-state index contributed by atoms with van der Waals surface area (Å²) in [6, 6.07) is 4.99. The Morgan fingerprint density at radius 3 is 2.56 bits per heavy atom. The topological polar surface area (TPSA) is 75.3 Å². The van der Waals surface area contributed by atoms with Gasteiger partial charge in [-0.05, 0) is 31.4 Å². The van der Waals surface area contributed by atoms with E-state index in [9.17, 15) is 13.2 Å². The fraction of sp³-hybridized carbons (Fsp3) is 0.417. The number of carbonyl (C=O) groups excluding carboxylic acids is 1. The number of hydrogen-bond acceptors (Lipinski definition) is 4. The monoisotopic (exact) mass is 266 g/mol. The first-order valence-corrected chi connectivity index (χ1v) is 7.74. The van der Waals surface area contributed by atoms with Gasteiger partial charge in [-0.15, -0.1) is 0 Å². The van der Waals surface area contributed by atoms with E-state index in [0.717, 1.165) is 25.5 Å². The van der Waals surface area contributed by atoms with Gasteiger partial charge in [-0.2, -0.15) is 0 Å². The van der Waals surface area contributed by atoms with E-state index in [1.54, 1.807) is 12.1 Å². The van der Waals surface area contributed by atoms with Crippen molar-refractivity contribution in [3.63, 3.8) is 0 Å². The molecule has 1 spiro atoms. The molecular formula is C12H14N2O3S. The lowest BCUT2D eigenvalue weighted by atomic mass is 9.74. The van der Waals surface area contributed by atoms with Crippen molar-refractivity contribution in [3.8, 4) is 0 Å². The van der Waals surface area contributed by atoms with Crippen molar-refractivity contribution in [1.82, 2.24) is 0 Å². The average molecular weight is 266 g/mol. The maximum atomic E-state index is 12.1. The van der Waals surface area contributed by atoms with Gasteiger partial charge in [0.25, 0.3) is 0 Å². The lowest BCUT2D eigenvalue weighted by Crippen LogP contribution is -2.57. The second-order valence-corrected chi connectivity index (χ2v) is 6.95. The third-order valence-electron chi connectivity index (χ3n) is 3.68. The molecule has 0 radical (unpaired) electrons. The quantitative estimate of drug-likeness (QED) is 0.805. The SMILES string of the molecule is CS(=O)(=O)c1cccc2c1NC(=O)C1(CCC1)N2. The zero-order chi connectivity index (χ0) is 13.0. The van der Waals surface area contributed by atoms with Crippen molar-refractivity contribution < 1.29 is 13.2 Å². The predicted octanol–water partition coefficient (Wildman–Crippen LogP) is 1.38. The summed E-state index contributed by atoms with van der Waals surface area (Å²) in [5.74, 6) is -0.127. The second kappa shape index (κ2) is 3.47. The summed E-state index contributed by atoms with van der Waals surface area (Å²) in [4.78, 5) is 12.2. The molecule has 1 saturated carbocycles. The number of para-hydroxylation sites is 1. The molecule has 1 fully saturated rings. The summed E-state index contributed by atoms with van der Waals surface area (Å²) in [6.07, 6.45) is 3.74. The molecule has 1 aliphatic heterocycles. The largest absolute Gasteiger partial charge is 0.369 e. The van der Waals surface area contributed by atoms with E-state index in [2.05, 4.69) is 10.6 Å². The highest BCUT2D eigenvalue weighted by atomic mass is 32.2. The van der Waals surface area contributed by atoms with Crippen LogP contribution >= 0.6 is 0 Å². The number of sulfone groups is 1. The Morgan fingerprint density at radius 1 is 1.28 bits per heavy atom. The van der Waals surface area contributed by atoms with Crippen LogP contribution in [0.3, 0.4) is 0 Å². The van der Waals surface area contributed by atoms with E-state index in [1.807, 2.05) is 0 Å². The zero-order valence-electron chi connectivity index (χ0n) is 9.99. The molecule has 1 aromatic carbocycles. The zero-order valence-corrected chi connectivity index (χ0v) is 10.8. The maximum absolute atomic E-state index is 12.1. The molecule has 3 rings (SSSR count). The molecule has 1 aliphatic carbocycles. The van der Waals surface area contributed by atoms with Crippen LogP contribution < -0.4 is 10.6 Å². The third-order valence-corrected chi connectivity index (χ3v) is 4.82. The first-order chi connectivity index (χ1) is 8.42. The van der Waals surface area contributed by atoms with Crippen LogP contribution in [0.25, 0.3) is 0 Å². The highest BCUT2D eigenvalue weighted by molar-refractivity contribution is 7.90. The van der Waals surface area contributed by atoms with E-state index in [1.165, 1.54) is 6.07 Å². The lowest BCUT2D eigenvalue weighted by molar-refractivity contribution is -0.123. The number of rotatable bonds is 1. The summed E-state index contributed by atoms with van der Waals surface area (Å²) < 4.78 is 23.4. The van der Waals surface area contributed by atoms with Gasteiger partial charge < -0.3 is 10.6 Å². The van der Waals surface area contributed by atoms with Crippen LogP contribution in [-0.2, 0) is 14.6 Å². The van der Waals surface area contributed by atoms with E-state index < -0.39 is 15.4 Å². The molecule has 2 N–H and O–H groups in total. The Morgan fingerprint density at radius 2 is 2.00 bits per heavy atom. The minimum atomic E-state index is -3.35. The lowest BCUT2D eigenvalue weighted by Gasteiger charge is -2.45. The van der Waals surface area contributed by atoms with Gasteiger partial charge in [-0.1, -0.05) is 6.07 Å². The van der Waals surface area contributed by atoms with Gasteiger partial charge in [-0.25, -0.2) is 8.42 Å². The Balaban J connectivity index is 2.13. The van der Waals surface area contributed by atoms with Gasteiger partial charge in [0.2, 0.25) is 5.91 Å². The summed E-state index contributed by atoms with van der Waals surface area (Å²) in [5.41, 5.74) is 0.545. The van der Waals surface area contributed by atoms with Crippen LogP contribution in [0.2, 0.25) is 0 Å². The van der Waals surface area contributed by atoms with Crippen molar-refractivity contribution in [1.29, 1.82) is 0 Å². The predicted molar refractivity (Wildman–Crippen MR) is 68.4 cm³/mol. The molecule has 1 amide bonds. The van der Waals surface area contributed by atoms with Crippen LogP contribution in [0.5, 0.6) is 0 Å². The number of amides is 1. The number of anilines is 2. The van der Waals surface area contributed by atoms with Crippen molar-refractivity contribution in [2.24, 2.45) is 0 Å². The van der Waals surface area contributed by atoms with E-state index in [4.69, 9.17) is 0 Å². The first-order valence-electron chi connectivity index (χ1n) is 5.85. The number of carbonyl (C=O) groups is 1. The number of fused-ring (bicyclic) bond motifs is 1. The smallest absolute Gasteiger partial charge is 0.250 e. The van der Waals surface area contributed by atoms with Crippen molar-refractivity contribution in [2.75, 3.05) is 16.9 Å². The van der Waals surface area contributed by atoms with Gasteiger partial charge in [0.1, 0.15) is 5.54 Å². The van der Waals surface area contributed by atoms with Crippen molar-refractivity contribution >= 4 is 27.1 Å². The van der Waals surface area contributed by atoms with Crippen molar-refractivity contribution in [2.45, 2.75) is 29.7 Å². The molecule has 0 atom stereocenters. The molecular weight excluding hydrogens is 252 g/mol. The van der Waals surface area contributed by atoms with Crippen LogP contribution in [-0.4, -0.2) is 26.1 Å². The van der Waals surface area contributed by atoms with Crippen molar-refractivity contribution in [3.05, 3.63) is 18.2 Å². The highest BCUT2D eigenvalue weighted by Gasteiger charge is 2.47. The fourth-order valence-electron chi connectivity index (χ4n) is 2.50. The van der Waals surface area contributed by atoms with E-state index in [0.29, 0.717) is 11.4 Å². The van der Waals surface area contributed by atoms with Gasteiger partial charge in [-0.3, -0.25) is 4.79 Å². The second-order valence-electron chi connectivity index (χ2n) is 4.97. The van der Waals surface area contributed by atoms with Gasteiger partial charge in [0.05, 0.1) is 16.3 Å². The molecule has 0 aromatic heterocycles. The average Bonchev–Trinajstić information content (AvgIpc) is 2.23. The third kappa shape index (κ3) is 1.52. The Kier molecular flexibility index (Phi) is 2.22. The van der Waals surface area contributed by atoms with Crippen LogP contribution in [0.1, 0.15) is 19.3 Å². The summed E-state index contributed by atoms with van der Waals surface area (Å²) in [5, 5.41) is 5.94. The normalized spacial score (nSPS) is 20.6. The molecule has 1 heterocycles. The summed E-state index contributed by atoms with van der Waals surface area (Å²) >= 11 is 0. The summed E-state index contributed by atoms with van der Waals surface area (Å²) in [7, 11) is -3.35. The number of nitrogens with one attached hydrogen (secondary N) is 2. The Bertz CT molecular complexity index is 633.